The average Bonchev–Trinajstić information content (AvgIpc) is 2.98. The summed E-state index contributed by atoms with van der Waals surface area (Å²) in [6.07, 6.45) is 3.31. The third kappa shape index (κ3) is 3.13. The number of amides is 1. The Morgan fingerprint density at radius 1 is 1.13 bits per heavy atom. The fourth-order valence-electron chi connectivity index (χ4n) is 2.43. The van der Waals surface area contributed by atoms with Gasteiger partial charge in [0.1, 0.15) is 5.56 Å². The van der Waals surface area contributed by atoms with Gasteiger partial charge in [0, 0.05) is 18.0 Å². The summed E-state index contributed by atoms with van der Waals surface area (Å²) >= 11 is 0. The van der Waals surface area contributed by atoms with Crippen LogP contribution >= 0.6 is 0 Å². The van der Waals surface area contributed by atoms with E-state index in [4.69, 9.17) is 4.52 Å². The first-order valence-electron chi connectivity index (χ1n) is 7.39. The molecule has 3 aromatic rings. The second kappa shape index (κ2) is 6.44. The SMILES string of the molecule is Cc1noc(-c2ccncc2)c1C(=O)NC(C)c1ccccc1. The van der Waals surface area contributed by atoms with Crippen molar-refractivity contribution in [2.24, 2.45) is 0 Å². The molecule has 0 radical (unpaired) electrons. The molecule has 3 rings (SSSR count). The van der Waals surface area contributed by atoms with Crippen LogP contribution in [0.1, 0.15) is 34.6 Å². The fraction of sp³-hybridized carbons (Fsp3) is 0.167. The lowest BCUT2D eigenvalue weighted by atomic mass is 10.1. The number of nitrogens with one attached hydrogen (secondary N) is 1. The standard InChI is InChI=1S/C18H17N3O2/c1-12(14-6-4-3-5-7-14)20-18(22)16-13(2)21-23-17(16)15-8-10-19-11-9-15/h3-12H,1-2H3,(H,20,22). The quantitative estimate of drug-likeness (QED) is 0.800. The smallest absolute Gasteiger partial charge is 0.257 e. The van der Waals surface area contributed by atoms with Crippen LogP contribution in [0.4, 0.5) is 0 Å². The topological polar surface area (TPSA) is 68.0 Å². The minimum atomic E-state index is -0.202. The van der Waals surface area contributed by atoms with Gasteiger partial charge in [-0.15, -0.1) is 0 Å². The summed E-state index contributed by atoms with van der Waals surface area (Å²) < 4.78 is 5.35. The number of rotatable bonds is 4. The van der Waals surface area contributed by atoms with Crippen LogP contribution in [0.25, 0.3) is 11.3 Å². The Morgan fingerprint density at radius 3 is 2.52 bits per heavy atom. The van der Waals surface area contributed by atoms with Crippen molar-refractivity contribution in [3.8, 4) is 11.3 Å². The highest BCUT2D eigenvalue weighted by molar-refractivity contribution is 6.00. The van der Waals surface area contributed by atoms with E-state index < -0.39 is 0 Å². The van der Waals surface area contributed by atoms with Gasteiger partial charge in [-0.2, -0.15) is 0 Å². The molecule has 2 aromatic heterocycles. The molecule has 0 aliphatic heterocycles. The molecule has 116 valence electrons. The van der Waals surface area contributed by atoms with Gasteiger partial charge < -0.3 is 9.84 Å². The first kappa shape index (κ1) is 15.0. The van der Waals surface area contributed by atoms with Gasteiger partial charge in [-0.3, -0.25) is 9.78 Å². The van der Waals surface area contributed by atoms with Crippen molar-refractivity contribution in [2.75, 3.05) is 0 Å². The van der Waals surface area contributed by atoms with E-state index in [0.717, 1.165) is 11.1 Å². The van der Waals surface area contributed by atoms with Crippen molar-refractivity contribution in [2.45, 2.75) is 19.9 Å². The van der Waals surface area contributed by atoms with Crippen molar-refractivity contribution < 1.29 is 9.32 Å². The third-order valence-corrected chi connectivity index (χ3v) is 3.68. The monoisotopic (exact) mass is 307 g/mol. The van der Waals surface area contributed by atoms with E-state index in [9.17, 15) is 4.79 Å². The molecule has 5 nitrogen and oxygen atoms in total. The molecular weight excluding hydrogens is 290 g/mol. The molecule has 0 spiro atoms. The lowest BCUT2D eigenvalue weighted by Gasteiger charge is -2.14. The molecule has 1 unspecified atom stereocenters. The maximum absolute atomic E-state index is 12.7. The molecule has 1 N–H and O–H groups in total. The second-order valence-electron chi connectivity index (χ2n) is 5.31. The molecule has 0 saturated carbocycles. The summed E-state index contributed by atoms with van der Waals surface area (Å²) in [5, 5.41) is 6.93. The van der Waals surface area contributed by atoms with E-state index in [-0.39, 0.29) is 11.9 Å². The molecule has 2 heterocycles. The fourth-order valence-corrected chi connectivity index (χ4v) is 2.43. The third-order valence-electron chi connectivity index (χ3n) is 3.68. The van der Waals surface area contributed by atoms with Gasteiger partial charge >= 0.3 is 0 Å². The Hall–Kier alpha value is -2.95. The summed E-state index contributed by atoms with van der Waals surface area (Å²) in [7, 11) is 0. The molecule has 0 bridgehead atoms. The van der Waals surface area contributed by atoms with Crippen LogP contribution in [-0.4, -0.2) is 16.0 Å². The molecule has 0 aliphatic rings. The number of hydrogen-bond acceptors (Lipinski definition) is 4. The minimum Gasteiger partial charge on any atom is -0.355 e. The molecule has 1 amide bonds. The number of aryl methyl sites for hydroxylation is 1. The Balaban J connectivity index is 1.87. The lowest BCUT2D eigenvalue weighted by molar-refractivity contribution is 0.0939. The second-order valence-corrected chi connectivity index (χ2v) is 5.31. The first-order valence-corrected chi connectivity index (χ1v) is 7.39. The number of nitrogens with zero attached hydrogens (tertiary/aromatic N) is 2. The Morgan fingerprint density at radius 2 is 1.83 bits per heavy atom. The Labute approximate surface area is 134 Å². The molecule has 23 heavy (non-hydrogen) atoms. The molecule has 1 aromatic carbocycles. The summed E-state index contributed by atoms with van der Waals surface area (Å²) in [6, 6.07) is 13.3. The Bertz CT molecular complexity index is 798. The zero-order chi connectivity index (χ0) is 16.2. The minimum absolute atomic E-state index is 0.108. The lowest BCUT2D eigenvalue weighted by Crippen LogP contribution is -2.27. The maximum Gasteiger partial charge on any atom is 0.257 e. The zero-order valence-corrected chi connectivity index (χ0v) is 13.0. The normalized spacial score (nSPS) is 11.9. The molecule has 0 aliphatic carbocycles. The molecule has 0 saturated heterocycles. The number of pyridine rings is 1. The summed E-state index contributed by atoms with van der Waals surface area (Å²) in [6.45, 7) is 3.71. The maximum atomic E-state index is 12.7. The first-order chi connectivity index (χ1) is 11.2. The van der Waals surface area contributed by atoms with Crippen LogP contribution in [-0.2, 0) is 0 Å². The van der Waals surface area contributed by atoms with Gasteiger partial charge in [0.25, 0.3) is 5.91 Å². The van der Waals surface area contributed by atoms with Crippen molar-refractivity contribution >= 4 is 5.91 Å². The average molecular weight is 307 g/mol. The van der Waals surface area contributed by atoms with Gasteiger partial charge in [0.15, 0.2) is 5.76 Å². The highest BCUT2D eigenvalue weighted by atomic mass is 16.5. The highest BCUT2D eigenvalue weighted by Gasteiger charge is 2.23. The van der Waals surface area contributed by atoms with E-state index in [0.29, 0.717) is 17.0 Å². The molecule has 1 atom stereocenters. The van der Waals surface area contributed by atoms with Crippen LogP contribution in [0, 0.1) is 6.92 Å². The summed E-state index contributed by atoms with van der Waals surface area (Å²) in [5.41, 5.74) is 2.84. The van der Waals surface area contributed by atoms with Crippen LogP contribution in [0.3, 0.4) is 0 Å². The molecule has 0 fully saturated rings. The molecular formula is C18H17N3O2. The zero-order valence-electron chi connectivity index (χ0n) is 13.0. The van der Waals surface area contributed by atoms with Crippen LogP contribution in [0.5, 0.6) is 0 Å². The number of aromatic nitrogens is 2. The van der Waals surface area contributed by atoms with Crippen molar-refractivity contribution in [1.29, 1.82) is 0 Å². The predicted octanol–water partition coefficient (Wildman–Crippen LogP) is 3.54. The number of carbonyl (C=O) groups excluding carboxylic acids is 1. The summed E-state index contributed by atoms with van der Waals surface area (Å²) in [5.74, 6) is 0.259. The van der Waals surface area contributed by atoms with E-state index in [1.165, 1.54) is 0 Å². The van der Waals surface area contributed by atoms with Crippen molar-refractivity contribution in [3.63, 3.8) is 0 Å². The van der Waals surface area contributed by atoms with Gasteiger partial charge in [-0.1, -0.05) is 35.5 Å². The predicted molar refractivity (Wildman–Crippen MR) is 86.8 cm³/mol. The van der Waals surface area contributed by atoms with Gasteiger partial charge in [-0.05, 0) is 31.5 Å². The van der Waals surface area contributed by atoms with Crippen molar-refractivity contribution in [1.82, 2.24) is 15.5 Å². The van der Waals surface area contributed by atoms with Crippen LogP contribution in [0.15, 0.2) is 59.4 Å². The van der Waals surface area contributed by atoms with E-state index in [2.05, 4.69) is 15.5 Å². The summed E-state index contributed by atoms with van der Waals surface area (Å²) in [4.78, 5) is 16.7. The Kier molecular flexibility index (Phi) is 4.19. The molecule has 5 heteroatoms. The van der Waals surface area contributed by atoms with Crippen LogP contribution < -0.4 is 5.32 Å². The number of hydrogen-bond donors (Lipinski definition) is 1. The largest absolute Gasteiger partial charge is 0.355 e. The van der Waals surface area contributed by atoms with Crippen LogP contribution in [0.2, 0.25) is 0 Å². The van der Waals surface area contributed by atoms with Crippen molar-refractivity contribution in [3.05, 3.63) is 71.7 Å². The highest BCUT2D eigenvalue weighted by Crippen LogP contribution is 2.26. The number of benzene rings is 1. The van der Waals surface area contributed by atoms with Gasteiger partial charge in [0.2, 0.25) is 0 Å². The van der Waals surface area contributed by atoms with E-state index in [1.54, 1.807) is 31.5 Å². The number of carbonyl (C=O) groups is 1. The van der Waals surface area contributed by atoms with Gasteiger partial charge in [0.05, 0.1) is 11.7 Å². The van der Waals surface area contributed by atoms with E-state index in [1.807, 2.05) is 37.3 Å². The van der Waals surface area contributed by atoms with E-state index >= 15 is 0 Å². The van der Waals surface area contributed by atoms with Gasteiger partial charge in [-0.25, -0.2) is 0 Å².